The summed E-state index contributed by atoms with van der Waals surface area (Å²) in [5, 5.41) is 1.34. The van der Waals surface area contributed by atoms with Gasteiger partial charge >= 0.3 is 0 Å². The minimum Gasteiger partial charge on any atom is -0.300 e. The summed E-state index contributed by atoms with van der Waals surface area (Å²) < 4.78 is 0. The van der Waals surface area contributed by atoms with Crippen LogP contribution in [-0.4, -0.2) is 29.0 Å². The molecular weight excluding hydrogens is 256 g/mol. The van der Waals surface area contributed by atoms with Crippen LogP contribution in [0.1, 0.15) is 31.7 Å². The Morgan fingerprint density at radius 1 is 1.24 bits per heavy atom. The molecule has 0 radical (unpaired) electrons. The molecule has 2 aromatic rings. The number of pyridine rings is 1. The summed E-state index contributed by atoms with van der Waals surface area (Å²) in [6.07, 6.45) is 7.34. The van der Waals surface area contributed by atoms with Crippen LogP contribution < -0.4 is 0 Å². The van der Waals surface area contributed by atoms with Crippen molar-refractivity contribution >= 4 is 10.9 Å². The number of hydrogen-bond acceptors (Lipinski definition) is 2. The number of fused-ring (bicyclic) bond motifs is 4. The average molecular weight is 280 g/mol. The number of aromatic nitrogens is 1. The van der Waals surface area contributed by atoms with Crippen molar-refractivity contribution in [2.75, 3.05) is 13.1 Å². The highest BCUT2D eigenvalue weighted by atomic mass is 15.2. The third kappa shape index (κ3) is 2.36. The molecule has 1 aromatic heterocycles. The Morgan fingerprint density at radius 3 is 2.95 bits per heavy atom. The zero-order valence-corrected chi connectivity index (χ0v) is 12.8. The van der Waals surface area contributed by atoms with E-state index in [1.165, 1.54) is 49.7 Å². The first-order valence-corrected chi connectivity index (χ1v) is 8.42. The van der Waals surface area contributed by atoms with Crippen molar-refractivity contribution in [3.05, 3.63) is 42.1 Å². The van der Waals surface area contributed by atoms with Gasteiger partial charge in [0, 0.05) is 24.2 Å². The average Bonchev–Trinajstić information content (AvgIpc) is 2.56. The van der Waals surface area contributed by atoms with E-state index in [0.717, 1.165) is 23.4 Å². The maximum absolute atomic E-state index is 4.49. The Hall–Kier alpha value is -1.41. The molecule has 4 heterocycles. The van der Waals surface area contributed by atoms with Gasteiger partial charge in [0.05, 0.1) is 5.52 Å². The van der Waals surface area contributed by atoms with Crippen LogP contribution in [0.5, 0.6) is 0 Å². The Kier molecular flexibility index (Phi) is 3.42. The lowest BCUT2D eigenvalue weighted by atomic mass is 9.73. The lowest BCUT2D eigenvalue weighted by Crippen LogP contribution is -2.53. The van der Waals surface area contributed by atoms with Crippen molar-refractivity contribution in [3.8, 4) is 0 Å². The predicted molar refractivity (Wildman–Crippen MR) is 87.3 cm³/mol. The first kappa shape index (κ1) is 13.3. The Bertz CT molecular complexity index is 631. The van der Waals surface area contributed by atoms with Crippen LogP contribution in [0, 0.1) is 11.8 Å². The molecule has 0 N–H and O–H groups in total. The number of benzene rings is 1. The lowest BCUT2D eigenvalue weighted by Gasteiger charge is -2.50. The van der Waals surface area contributed by atoms with Gasteiger partial charge in [-0.2, -0.15) is 0 Å². The predicted octanol–water partition coefficient (Wildman–Crippen LogP) is 3.90. The Labute approximate surface area is 127 Å². The molecule has 21 heavy (non-hydrogen) atoms. The van der Waals surface area contributed by atoms with Gasteiger partial charge in [-0.05, 0) is 55.3 Å². The summed E-state index contributed by atoms with van der Waals surface area (Å²) in [6, 6.07) is 11.5. The van der Waals surface area contributed by atoms with Crippen LogP contribution in [-0.2, 0) is 6.42 Å². The fraction of sp³-hybridized carbons (Fsp3) is 0.526. The van der Waals surface area contributed by atoms with Crippen LogP contribution in [0.15, 0.2) is 36.5 Å². The molecular formula is C19H24N2. The van der Waals surface area contributed by atoms with Crippen molar-refractivity contribution in [3.63, 3.8) is 0 Å². The van der Waals surface area contributed by atoms with Crippen LogP contribution in [0.25, 0.3) is 10.9 Å². The van der Waals surface area contributed by atoms with E-state index >= 15 is 0 Å². The van der Waals surface area contributed by atoms with E-state index in [2.05, 4.69) is 47.1 Å². The molecule has 3 aliphatic heterocycles. The summed E-state index contributed by atoms with van der Waals surface area (Å²) >= 11 is 0. The maximum atomic E-state index is 4.49. The smallest absolute Gasteiger partial charge is 0.0704 e. The number of para-hydroxylation sites is 1. The number of piperidine rings is 3. The number of rotatable bonds is 3. The molecule has 3 saturated heterocycles. The zero-order valence-electron chi connectivity index (χ0n) is 12.8. The maximum Gasteiger partial charge on any atom is 0.0704 e. The van der Waals surface area contributed by atoms with E-state index in [1.54, 1.807) is 0 Å². The first-order valence-electron chi connectivity index (χ1n) is 8.42. The van der Waals surface area contributed by atoms with Crippen LogP contribution >= 0.6 is 0 Å². The Morgan fingerprint density at radius 2 is 2.14 bits per heavy atom. The van der Waals surface area contributed by atoms with Gasteiger partial charge < -0.3 is 0 Å². The van der Waals surface area contributed by atoms with E-state index in [9.17, 15) is 0 Å². The highest BCUT2D eigenvalue weighted by Crippen LogP contribution is 2.39. The molecule has 0 amide bonds. The van der Waals surface area contributed by atoms with Crippen molar-refractivity contribution in [2.24, 2.45) is 11.8 Å². The standard InChI is InChI=1S/C19H24N2/c1-2-14-13-21-10-8-15(14)11-17(21)12-16-7-9-20-19-6-4-3-5-18(16)19/h3-7,9,14-15,17H,2,8,10-13H2,1H3/t14-,15-,17+/m0/s1. The third-order valence-corrected chi connectivity index (χ3v) is 5.73. The van der Waals surface area contributed by atoms with Gasteiger partial charge in [0.25, 0.3) is 0 Å². The molecule has 3 fully saturated rings. The lowest BCUT2D eigenvalue weighted by molar-refractivity contribution is 0.000318. The molecule has 2 bridgehead atoms. The second-order valence-electron chi connectivity index (χ2n) is 6.79. The van der Waals surface area contributed by atoms with Crippen molar-refractivity contribution in [1.82, 2.24) is 9.88 Å². The normalized spacial score (nSPS) is 31.7. The summed E-state index contributed by atoms with van der Waals surface area (Å²) in [5.74, 6) is 1.92. The summed E-state index contributed by atoms with van der Waals surface area (Å²) in [4.78, 5) is 7.25. The molecule has 2 nitrogen and oxygen atoms in total. The first-order chi connectivity index (χ1) is 10.3. The molecule has 1 aromatic carbocycles. The summed E-state index contributed by atoms with van der Waals surface area (Å²) in [6.45, 7) is 5.00. The molecule has 5 rings (SSSR count). The van der Waals surface area contributed by atoms with Gasteiger partial charge in [-0.25, -0.2) is 0 Å². The summed E-state index contributed by atoms with van der Waals surface area (Å²) in [7, 11) is 0. The van der Waals surface area contributed by atoms with E-state index < -0.39 is 0 Å². The molecule has 110 valence electrons. The second-order valence-corrected chi connectivity index (χ2v) is 6.79. The van der Waals surface area contributed by atoms with Gasteiger partial charge in [0.1, 0.15) is 0 Å². The van der Waals surface area contributed by atoms with Gasteiger partial charge in [-0.1, -0.05) is 31.5 Å². The third-order valence-electron chi connectivity index (χ3n) is 5.73. The van der Waals surface area contributed by atoms with Gasteiger partial charge in [0.2, 0.25) is 0 Å². The highest BCUT2D eigenvalue weighted by molar-refractivity contribution is 5.81. The van der Waals surface area contributed by atoms with E-state index in [4.69, 9.17) is 0 Å². The number of hydrogen-bond donors (Lipinski definition) is 0. The van der Waals surface area contributed by atoms with Crippen molar-refractivity contribution in [2.45, 2.75) is 38.6 Å². The van der Waals surface area contributed by atoms with Gasteiger partial charge in [0.15, 0.2) is 0 Å². The van der Waals surface area contributed by atoms with E-state index in [-0.39, 0.29) is 0 Å². The van der Waals surface area contributed by atoms with Crippen LogP contribution in [0.2, 0.25) is 0 Å². The molecule has 1 unspecified atom stereocenters. The fourth-order valence-electron chi connectivity index (χ4n) is 4.51. The largest absolute Gasteiger partial charge is 0.300 e. The van der Waals surface area contributed by atoms with Crippen molar-refractivity contribution < 1.29 is 0 Å². The molecule has 0 spiro atoms. The van der Waals surface area contributed by atoms with E-state index in [1.807, 2.05) is 6.20 Å². The SMILES string of the molecule is CC[C@H]1CN2CC[C@H]1C[C@@H]2Cc1ccnc2ccccc12. The number of nitrogens with zero attached hydrogens (tertiary/aromatic N) is 2. The zero-order chi connectivity index (χ0) is 14.2. The van der Waals surface area contributed by atoms with Crippen molar-refractivity contribution in [1.29, 1.82) is 0 Å². The minimum atomic E-state index is 0.748. The Balaban J connectivity index is 1.59. The molecule has 4 atom stereocenters. The topological polar surface area (TPSA) is 16.1 Å². The minimum absolute atomic E-state index is 0.748. The molecule has 0 aliphatic carbocycles. The van der Waals surface area contributed by atoms with Gasteiger partial charge in [-0.15, -0.1) is 0 Å². The van der Waals surface area contributed by atoms with Crippen LogP contribution in [0.4, 0.5) is 0 Å². The highest BCUT2D eigenvalue weighted by Gasteiger charge is 2.38. The summed E-state index contributed by atoms with van der Waals surface area (Å²) in [5.41, 5.74) is 2.61. The second kappa shape index (κ2) is 5.42. The van der Waals surface area contributed by atoms with E-state index in [0.29, 0.717) is 0 Å². The molecule has 3 aliphatic rings. The quantitative estimate of drug-likeness (QED) is 0.847. The van der Waals surface area contributed by atoms with Crippen LogP contribution in [0.3, 0.4) is 0 Å². The fourth-order valence-corrected chi connectivity index (χ4v) is 4.51. The van der Waals surface area contributed by atoms with Gasteiger partial charge in [-0.3, -0.25) is 9.88 Å². The molecule has 0 saturated carbocycles. The molecule has 2 heteroatoms. The monoisotopic (exact) mass is 280 g/mol.